The number of carboxylic acids is 2. The fraction of sp³-hybridized carbons (Fsp3) is 0.833. The molecule has 0 saturated heterocycles. The molecule has 0 saturated carbocycles. The van der Waals surface area contributed by atoms with E-state index in [4.69, 9.17) is 10.2 Å². The first-order chi connectivity index (χ1) is 11.0. The van der Waals surface area contributed by atoms with Crippen molar-refractivity contribution in [1.29, 1.82) is 0 Å². The fourth-order valence-electron chi connectivity index (χ4n) is 1.92. The molecule has 0 aromatic rings. The second-order valence-electron chi connectivity index (χ2n) is 5.62. The first-order valence-electron chi connectivity index (χ1n) is 8.96. The first kappa shape index (κ1) is 29.0. The molecule has 0 radical (unpaired) electrons. The topological polar surface area (TPSA) is 87.0 Å². The van der Waals surface area contributed by atoms with Gasteiger partial charge in [0, 0.05) is 19.2 Å². The van der Waals surface area contributed by atoms with E-state index in [1.165, 1.54) is 64.0 Å². The van der Waals surface area contributed by atoms with Crippen molar-refractivity contribution in [3.05, 3.63) is 0 Å². The zero-order valence-electron chi connectivity index (χ0n) is 14.9. The molecule has 2 N–H and O–H groups in total. The van der Waals surface area contributed by atoms with Crippen LogP contribution < -0.4 is 0 Å². The van der Waals surface area contributed by atoms with Crippen molar-refractivity contribution in [2.45, 2.75) is 90.9 Å². The molecule has 0 aliphatic heterocycles. The van der Waals surface area contributed by atoms with Crippen LogP contribution >= 0.6 is 0 Å². The van der Waals surface area contributed by atoms with Gasteiger partial charge in [0.25, 0.3) is 0 Å². The van der Waals surface area contributed by atoms with Crippen LogP contribution in [-0.4, -0.2) is 86.3 Å². The normalized spacial score (nSPS) is 9.92. The Hall–Kier alpha value is 0.246. The summed E-state index contributed by atoms with van der Waals surface area (Å²) in [5, 5.41) is 16.1. The molecule has 5 nitrogen and oxygen atoms in total. The van der Waals surface area contributed by atoms with Crippen molar-refractivity contribution in [2.75, 3.05) is 6.54 Å². The molecule has 0 aromatic carbocycles. The van der Waals surface area contributed by atoms with Gasteiger partial charge in [0.1, 0.15) is 0 Å². The van der Waals surface area contributed by atoms with Crippen molar-refractivity contribution >= 4 is 69.5 Å². The Morgan fingerprint density at radius 3 is 1.58 bits per heavy atom. The number of nitrogens with zero attached hydrogens (tertiary/aromatic N) is 1. The van der Waals surface area contributed by atoms with Crippen LogP contribution in [-0.2, 0) is 9.59 Å². The van der Waals surface area contributed by atoms with Crippen LogP contribution in [0.2, 0.25) is 0 Å². The van der Waals surface area contributed by atoms with Crippen LogP contribution in [0.15, 0.2) is 4.99 Å². The van der Waals surface area contributed by atoms with E-state index in [1.807, 2.05) is 0 Å². The number of aliphatic carboxylic acids is 2. The summed E-state index contributed by atoms with van der Waals surface area (Å²) < 4.78 is 0. The van der Waals surface area contributed by atoms with Gasteiger partial charge in [-0.1, -0.05) is 71.6 Å². The standard InChI is InChI=1S/C15H29NO2.C3H6O2.K.H/c1-2-3-4-5-6-7-8-9-10-11-13-16-14-12-15(17)18;1-2-3(4)5;;/h14H,2-13H2,1H3,(H,17,18);2H2,1H3,(H,4,5);;. The molecule has 0 aliphatic rings. The van der Waals surface area contributed by atoms with Crippen LogP contribution in [0.1, 0.15) is 90.9 Å². The number of hydrogen-bond acceptors (Lipinski definition) is 3. The Morgan fingerprint density at radius 2 is 1.21 bits per heavy atom. The summed E-state index contributed by atoms with van der Waals surface area (Å²) in [6, 6.07) is 0. The summed E-state index contributed by atoms with van der Waals surface area (Å²) >= 11 is 0. The third-order valence-electron chi connectivity index (χ3n) is 3.34. The third kappa shape index (κ3) is 33.8. The van der Waals surface area contributed by atoms with Crippen molar-refractivity contribution in [2.24, 2.45) is 4.99 Å². The second kappa shape index (κ2) is 25.5. The van der Waals surface area contributed by atoms with E-state index in [9.17, 15) is 9.59 Å². The van der Waals surface area contributed by atoms with Gasteiger partial charge in [-0.3, -0.25) is 14.6 Å². The summed E-state index contributed by atoms with van der Waals surface area (Å²) in [5.41, 5.74) is 0. The van der Waals surface area contributed by atoms with Gasteiger partial charge in [-0.25, -0.2) is 0 Å². The zero-order valence-corrected chi connectivity index (χ0v) is 14.9. The number of hydrogen-bond donors (Lipinski definition) is 2. The molecule has 24 heavy (non-hydrogen) atoms. The Bertz CT molecular complexity index is 309. The maximum atomic E-state index is 10.2. The van der Waals surface area contributed by atoms with Crippen LogP contribution in [0.5, 0.6) is 0 Å². The van der Waals surface area contributed by atoms with Gasteiger partial charge in [0.15, 0.2) is 0 Å². The average Bonchev–Trinajstić information content (AvgIpc) is 2.52. The molecule has 6 heteroatoms. The van der Waals surface area contributed by atoms with Gasteiger partial charge >= 0.3 is 63.3 Å². The average molecular weight is 370 g/mol. The summed E-state index contributed by atoms with van der Waals surface area (Å²) in [4.78, 5) is 23.7. The molecule has 0 heterocycles. The van der Waals surface area contributed by atoms with Crippen molar-refractivity contribution in [3.63, 3.8) is 0 Å². The molecular formula is C18H36KNO4. The van der Waals surface area contributed by atoms with E-state index in [2.05, 4.69) is 11.9 Å². The summed E-state index contributed by atoms with van der Waals surface area (Å²) in [5.74, 6) is -1.55. The van der Waals surface area contributed by atoms with Crippen LogP contribution in [0.4, 0.5) is 0 Å². The molecular weight excluding hydrogens is 333 g/mol. The van der Waals surface area contributed by atoms with Gasteiger partial charge in [-0.05, 0) is 6.42 Å². The maximum absolute atomic E-state index is 10.2. The summed E-state index contributed by atoms with van der Waals surface area (Å²) in [6.07, 6.45) is 15.0. The summed E-state index contributed by atoms with van der Waals surface area (Å²) in [7, 11) is 0. The number of unbranched alkanes of at least 4 members (excludes halogenated alkanes) is 9. The number of rotatable bonds is 14. The minimum atomic E-state index is -0.804. The van der Waals surface area contributed by atoms with E-state index < -0.39 is 11.9 Å². The number of carboxylic acid groups (broad SMARTS) is 2. The summed E-state index contributed by atoms with van der Waals surface area (Å²) in [6.45, 7) is 4.63. The van der Waals surface area contributed by atoms with Crippen LogP contribution in [0.3, 0.4) is 0 Å². The van der Waals surface area contributed by atoms with E-state index in [1.54, 1.807) is 6.92 Å². The molecule has 0 fully saturated rings. The van der Waals surface area contributed by atoms with Crippen molar-refractivity contribution in [1.82, 2.24) is 0 Å². The molecule has 0 atom stereocenters. The number of carbonyl (C=O) groups is 2. The van der Waals surface area contributed by atoms with Gasteiger partial charge in [0.05, 0.1) is 6.42 Å². The second-order valence-corrected chi connectivity index (χ2v) is 5.62. The Labute approximate surface area is 190 Å². The quantitative estimate of drug-likeness (QED) is 0.272. The van der Waals surface area contributed by atoms with E-state index >= 15 is 0 Å². The molecule has 0 aromatic heterocycles. The van der Waals surface area contributed by atoms with Crippen LogP contribution in [0.25, 0.3) is 0 Å². The van der Waals surface area contributed by atoms with E-state index in [0.717, 1.165) is 13.0 Å². The molecule has 138 valence electrons. The van der Waals surface area contributed by atoms with E-state index in [-0.39, 0.29) is 64.2 Å². The predicted octanol–water partition coefficient (Wildman–Crippen LogP) is 4.29. The molecule has 0 amide bonds. The zero-order chi connectivity index (χ0) is 17.8. The minimum absolute atomic E-state index is 0. The molecule has 0 bridgehead atoms. The molecule has 0 unspecified atom stereocenters. The Kier molecular flexibility index (Phi) is 30.8. The predicted molar refractivity (Wildman–Crippen MR) is 103 cm³/mol. The third-order valence-corrected chi connectivity index (χ3v) is 3.34. The fourth-order valence-corrected chi connectivity index (χ4v) is 1.92. The first-order valence-corrected chi connectivity index (χ1v) is 8.96. The Balaban J connectivity index is -0.000000639. The number of aliphatic imine (C=N–C) groups is 1. The monoisotopic (exact) mass is 369 g/mol. The van der Waals surface area contributed by atoms with Gasteiger partial charge in [-0.2, -0.15) is 0 Å². The SMILES string of the molecule is CCC(=O)O.CCCCCCCCCCCCN=CCC(=O)O.[KH]. The Morgan fingerprint density at radius 1 is 0.792 bits per heavy atom. The van der Waals surface area contributed by atoms with Gasteiger partial charge < -0.3 is 10.2 Å². The van der Waals surface area contributed by atoms with Crippen molar-refractivity contribution in [3.8, 4) is 0 Å². The van der Waals surface area contributed by atoms with Crippen molar-refractivity contribution < 1.29 is 19.8 Å². The van der Waals surface area contributed by atoms with E-state index in [0.29, 0.717) is 0 Å². The van der Waals surface area contributed by atoms with Crippen LogP contribution in [0, 0.1) is 0 Å². The molecule has 0 aliphatic carbocycles. The molecule has 0 spiro atoms. The van der Waals surface area contributed by atoms with Gasteiger partial charge in [0.2, 0.25) is 0 Å². The van der Waals surface area contributed by atoms with Gasteiger partial charge in [-0.15, -0.1) is 0 Å². The molecule has 0 rings (SSSR count).